The molecule has 0 N–H and O–H groups in total. The van der Waals surface area contributed by atoms with Gasteiger partial charge in [0.1, 0.15) is 0 Å². The van der Waals surface area contributed by atoms with Gasteiger partial charge in [0.2, 0.25) is 0 Å². The number of carbonyl (C=O) groups excluding carboxylic acids is 1. The molecule has 122 valence electrons. The number of benzene rings is 2. The molecule has 6 heteroatoms. The van der Waals surface area contributed by atoms with Gasteiger partial charge in [-0.3, -0.25) is 4.79 Å². The van der Waals surface area contributed by atoms with E-state index in [1.807, 2.05) is 0 Å². The van der Waals surface area contributed by atoms with E-state index in [4.69, 9.17) is 9.47 Å². The largest absolute Gasteiger partial charge is 0.493 e. The average Bonchev–Trinajstić information content (AvgIpc) is 2.57. The van der Waals surface area contributed by atoms with Gasteiger partial charge >= 0.3 is 0 Å². The van der Waals surface area contributed by atoms with Gasteiger partial charge in [-0.05, 0) is 37.3 Å². The molecule has 0 fully saturated rings. The minimum Gasteiger partial charge on any atom is -0.493 e. The summed E-state index contributed by atoms with van der Waals surface area (Å²) in [4.78, 5) is 14.0. The Morgan fingerprint density at radius 1 is 1.00 bits per heavy atom. The van der Waals surface area contributed by atoms with Crippen LogP contribution in [0.2, 0.25) is 0 Å². The zero-order valence-corrected chi connectivity index (χ0v) is 13.1. The second-order valence-electron chi connectivity index (χ2n) is 4.72. The molecule has 0 saturated heterocycles. The van der Waals surface area contributed by atoms with Gasteiger partial charge < -0.3 is 14.4 Å². The van der Waals surface area contributed by atoms with Gasteiger partial charge in [0.05, 0.1) is 14.2 Å². The van der Waals surface area contributed by atoms with Crippen LogP contribution in [0.4, 0.5) is 14.5 Å². The quantitative estimate of drug-likeness (QED) is 0.844. The van der Waals surface area contributed by atoms with Crippen LogP contribution in [0, 0.1) is 11.6 Å². The predicted octanol–water partition coefficient (Wildman–Crippen LogP) is 3.65. The monoisotopic (exact) mass is 321 g/mol. The van der Waals surface area contributed by atoms with Crippen LogP contribution in [-0.2, 0) is 0 Å². The topological polar surface area (TPSA) is 38.8 Å². The second-order valence-corrected chi connectivity index (χ2v) is 4.72. The minimum absolute atomic E-state index is 0.284. The summed E-state index contributed by atoms with van der Waals surface area (Å²) in [6, 6.07) is 8.11. The fourth-order valence-corrected chi connectivity index (χ4v) is 2.22. The zero-order chi connectivity index (χ0) is 17.0. The maximum atomic E-state index is 13.4. The van der Waals surface area contributed by atoms with Gasteiger partial charge in [0.15, 0.2) is 23.1 Å². The first-order valence-corrected chi connectivity index (χ1v) is 7.00. The van der Waals surface area contributed by atoms with Gasteiger partial charge in [-0.25, -0.2) is 8.78 Å². The van der Waals surface area contributed by atoms with Crippen molar-refractivity contribution in [2.45, 2.75) is 6.92 Å². The molecule has 0 aliphatic heterocycles. The Bertz CT molecular complexity index is 719. The summed E-state index contributed by atoms with van der Waals surface area (Å²) in [5.41, 5.74) is 0.639. The van der Waals surface area contributed by atoms with Crippen molar-refractivity contribution >= 4 is 11.6 Å². The second kappa shape index (κ2) is 7.09. The molecule has 0 aliphatic rings. The molecule has 0 aliphatic carbocycles. The Kier molecular flexibility index (Phi) is 5.16. The van der Waals surface area contributed by atoms with E-state index in [1.165, 1.54) is 25.2 Å². The van der Waals surface area contributed by atoms with E-state index < -0.39 is 11.6 Å². The number of nitrogens with zero attached hydrogens (tertiary/aromatic N) is 1. The summed E-state index contributed by atoms with van der Waals surface area (Å²) in [6.07, 6.45) is 0. The van der Waals surface area contributed by atoms with Crippen LogP contribution in [0.5, 0.6) is 11.5 Å². The Morgan fingerprint density at radius 2 is 1.70 bits per heavy atom. The molecule has 0 radical (unpaired) electrons. The summed E-state index contributed by atoms with van der Waals surface area (Å²) in [5, 5.41) is 0. The minimum atomic E-state index is -0.999. The Morgan fingerprint density at radius 3 is 2.26 bits per heavy atom. The summed E-state index contributed by atoms with van der Waals surface area (Å²) in [7, 11) is 2.97. The predicted molar refractivity (Wildman–Crippen MR) is 83.3 cm³/mol. The molecule has 0 saturated carbocycles. The van der Waals surface area contributed by atoms with E-state index in [0.717, 1.165) is 12.1 Å². The van der Waals surface area contributed by atoms with Crippen molar-refractivity contribution in [1.29, 1.82) is 0 Å². The fourth-order valence-electron chi connectivity index (χ4n) is 2.22. The highest BCUT2D eigenvalue weighted by Crippen LogP contribution is 2.29. The molecule has 0 spiro atoms. The number of rotatable bonds is 5. The van der Waals surface area contributed by atoms with Gasteiger partial charge in [-0.15, -0.1) is 0 Å². The lowest BCUT2D eigenvalue weighted by Gasteiger charge is -2.21. The number of ether oxygens (including phenoxy) is 2. The van der Waals surface area contributed by atoms with E-state index >= 15 is 0 Å². The lowest BCUT2D eigenvalue weighted by molar-refractivity contribution is 0.0988. The van der Waals surface area contributed by atoms with Crippen molar-refractivity contribution in [3.8, 4) is 11.5 Å². The van der Waals surface area contributed by atoms with E-state index in [-0.39, 0.29) is 11.6 Å². The van der Waals surface area contributed by atoms with Crippen LogP contribution in [0.3, 0.4) is 0 Å². The third-order valence-corrected chi connectivity index (χ3v) is 3.41. The first-order chi connectivity index (χ1) is 11.0. The van der Waals surface area contributed by atoms with Gasteiger partial charge in [0.25, 0.3) is 5.91 Å². The highest BCUT2D eigenvalue weighted by atomic mass is 19.2. The Balaban J connectivity index is 2.38. The Labute approximate surface area is 133 Å². The molecule has 2 aromatic rings. The number of anilines is 1. The highest BCUT2D eigenvalue weighted by Gasteiger charge is 2.19. The van der Waals surface area contributed by atoms with Crippen molar-refractivity contribution in [3.05, 3.63) is 53.6 Å². The van der Waals surface area contributed by atoms with Crippen LogP contribution in [0.25, 0.3) is 0 Å². The highest BCUT2D eigenvalue weighted by molar-refractivity contribution is 6.06. The molecule has 2 rings (SSSR count). The SMILES string of the molecule is CCN(C(=O)c1ccc(OC)c(OC)c1)c1ccc(F)c(F)c1. The molecule has 0 heterocycles. The van der Waals surface area contributed by atoms with Crippen molar-refractivity contribution in [1.82, 2.24) is 0 Å². The van der Waals surface area contributed by atoms with E-state index in [2.05, 4.69) is 0 Å². The van der Waals surface area contributed by atoms with Gasteiger partial charge in [-0.2, -0.15) is 0 Å². The molecule has 4 nitrogen and oxygen atoms in total. The molecular weight excluding hydrogens is 304 g/mol. The van der Waals surface area contributed by atoms with Crippen LogP contribution >= 0.6 is 0 Å². The van der Waals surface area contributed by atoms with Crippen LogP contribution in [-0.4, -0.2) is 26.7 Å². The van der Waals surface area contributed by atoms with Crippen LogP contribution < -0.4 is 14.4 Å². The maximum Gasteiger partial charge on any atom is 0.258 e. The van der Waals surface area contributed by atoms with Gasteiger partial charge in [-0.1, -0.05) is 0 Å². The summed E-state index contributed by atoms with van der Waals surface area (Å²) < 4.78 is 36.8. The van der Waals surface area contributed by atoms with E-state index in [0.29, 0.717) is 23.6 Å². The molecule has 23 heavy (non-hydrogen) atoms. The number of halogens is 2. The molecular formula is C17H17F2NO3. The zero-order valence-electron chi connectivity index (χ0n) is 13.1. The van der Waals surface area contributed by atoms with Crippen molar-refractivity contribution in [2.24, 2.45) is 0 Å². The van der Waals surface area contributed by atoms with Crippen LogP contribution in [0.1, 0.15) is 17.3 Å². The van der Waals surface area contributed by atoms with Crippen LogP contribution in [0.15, 0.2) is 36.4 Å². The first-order valence-electron chi connectivity index (χ1n) is 7.00. The average molecular weight is 321 g/mol. The standard InChI is InChI=1S/C17H17F2NO3/c1-4-20(12-6-7-13(18)14(19)10-12)17(21)11-5-8-15(22-2)16(9-11)23-3/h5-10H,4H2,1-3H3. The number of amides is 1. The fraction of sp³-hybridized carbons (Fsp3) is 0.235. The number of hydrogen-bond acceptors (Lipinski definition) is 3. The van der Waals surface area contributed by atoms with Crippen molar-refractivity contribution in [2.75, 3.05) is 25.7 Å². The number of hydrogen-bond donors (Lipinski definition) is 0. The van der Waals surface area contributed by atoms with Crippen molar-refractivity contribution in [3.63, 3.8) is 0 Å². The van der Waals surface area contributed by atoms with Crippen molar-refractivity contribution < 1.29 is 23.0 Å². The number of methoxy groups -OCH3 is 2. The normalized spacial score (nSPS) is 10.3. The van der Waals surface area contributed by atoms with E-state index in [1.54, 1.807) is 25.1 Å². The molecule has 2 aromatic carbocycles. The van der Waals surface area contributed by atoms with Gasteiger partial charge in [0, 0.05) is 23.9 Å². The Hall–Kier alpha value is -2.63. The smallest absolute Gasteiger partial charge is 0.258 e. The third kappa shape index (κ3) is 3.41. The first kappa shape index (κ1) is 16.7. The molecule has 0 aromatic heterocycles. The lowest BCUT2D eigenvalue weighted by atomic mass is 10.1. The molecule has 0 unspecified atom stereocenters. The maximum absolute atomic E-state index is 13.4. The third-order valence-electron chi connectivity index (χ3n) is 3.41. The summed E-state index contributed by atoms with van der Waals surface area (Å²) in [6.45, 7) is 2.05. The molecule has 1 amide bonds. The number of carbonyl (C=O) groups is 1. The summed E-state index contributed by atoms with van der Waals surface area (Å²) >= 11 is 0. The molecule has 0 atom stereocenters. The summed E-state index contributed by atoms with van der Waals surface area (Å²) in [5.74, 6) is -1.39. The lowest BCUT2D eigenvalue weighted by Crippen LogP contribution is -2.30. The van der Waals surface area contributed by atoms with E-state index in [9.17, 15) is 13.6 Å². The molecule has 0 bridgehead atoms.